The van der Waals surface area contributed by atoms with Gasteiger partial charge in [0, 0.05) is 17.6 Å². The summed E-state index contributed by atoms with van der Waals surface area (Å²) in [5, 5.41) is 8.39. The van der Waals surface area contributed by atoms with Crippen LogP contribution in [0.4, 0.5) is 5.69 Å². The lowest BCUT2D eigenvalue weighted by Crippen LogP contribution is -2.25. The molecule has 0 spiro atoms. The summed E-state index contributed by atoms with van der Waals surface area (Å²) >= 11 is 0. The monoisotopic (exact) mass is 258 g/mol. The quantitative estimate of drug-likeness (QED) is 0.858. The number of benzene rings is 1. The van der Waals surface area contributed by atoms with Gasteiger partial charge in [-0.2, -0.15) is 0 Å². The Labute approximate surface area is 114 Å². The van der Waals surface area contributed by atoms with Crippen LogP contribution in [-0.2, 0) is 12.0 Å². The fourth-order valence-corrected chi connectivity index (χ4v) is 2.29. The average molecular weight is 258 g/mol. The molecule has 0 aliphatic rings. The third-order valence-electron chi connectivity index (χ3n) is 3.37. The number of hydrogen-bond acceptors (Lipinski definition) is 3. The lowest BCUT2D eigenvalue weighted by Gasteiger charge is -2.25. The molecule has 0 saturated heterocycles. The van der Waals surface area contributed by atoms with E-state index in [9.17, 15) is 0 Å². The first-order valence-corrected chi connectivity index (χ1v) is 6.65. The largest absolute Gasteiger partial charge is 0.399 e. The van der Waals surface area contributed by atoms with Gasteiger partial charge in [-0.3, -0.25) is 0 Å². The van der Waals surface area contributed by atoms with Crippen LogP contribution in [0.2, 0.25) is 0 Å². The van der Waals surface area contributed by atoms with Gasteiger partial charge in [0.25, 0.3) is 0 Å². The Morgan fingerprint density at radius 1 is 1.21 bits per heavy atom. The number of hydrogen-bond donors (Lipinski definition) is 1. The summed E-state index contributed by atoms with van der Waals surface area (Å²) in [7, 11) is 0. The zero-order chi connectivity index (χ0) is 14.0. The lowest BCUT2D eigenvalue weighted by molar-refractivity contribution is 0.467. The van der Waals surface area contributed by atoms with Crippen LogP contribution >= 0.6 is 0 Å². The van der Waals surface area contributed by atoms with Gasteiger partial charge in [-0.15, -0.1) is 10.2 Å². The molecule has 0 amide bonds. The van der Waals surface area contributed by atoms with Crippen molar-refractivity contribution >= 4 is 5.69 Å². The third kappa shape index (κ3) is 2.78. The minimum Gasteiger partial charge on any atom is -0.399 e. The second kappa shape index (κ2) is 5.03. The first kappa shape index (κ1) is 13.6. The maximum absolute atomic E-state index is 5.75. The minimum absolute atomic E-state index is 0.181. The molecule has 2 N–H and O–H groups in total. The van der Waals surface area contributed by atoms with Crippen molar-refractivity contribution in [3.05, 3.63) is 42.0 Å². The van der Waals surface area contributed by atoms with Gasteiger partial charge in [0.05, 0.1) is 0 Å². The summed E-state index contributed by atoms with van der Waals surface area (Å²) in [6, 6.07) is 7.98. The molecule has 2 rings (SSSR count). The highest BCUT2D eigenvalue weighted by Gasteiger charge is 2.28. The van der Waals surface area contributed by atoms with Crippen molar-refractivity contribution in [1.82, 2.24) is 14.8 Å². The van der Waals surface area contributed by atoms with E-state index in [1.54, 1.807) is 0 Å². The van der Waals surface area contributed by atoms with Gasteiger partial charge < -0.3 is 10.3 Å². The summed E-state index contributed by atoms with van der Waals surface area (Å²) in [5.41, 5.74) is 7.54. The predicted molar refractivity (Wildman–Crippen MR) is 77.8 cm³/mol. The molecule has 0 fully saturated rings. The summed E-state index contributed by atoms with van der Waals surface area (Å²) in [6.45, 7) is 9.65. The van der Waals surface area contributed by atoms with Crippen LogP contribution in [0.15, 0.2) is 30.6 Å². The highest BCUT2D eigenvalue weighted by Crippen LogP contribution is 2.30. The first-order chi connectivity index (χ1) is 8.91. The number of aromatic nitrogens is 3. The Bertz CT molecular complexity index is 538. The van der Waals surface area contributed by atoms with Gasteiger partial charge in [0.15, 0.2) is 0 Å². The van der Waals surface area contributed by atoms with Crippen LogP contribution in [0.25, 0.3) is 0 Å². The van der Waals surface area contributed by atoms with Crippen molar-refractivity contribution in [2.24, 2.45) is 5.92 Å². The maximum atomic E-state index is 5.75. The predicted octanol–water partition coefficient (Wildman–Crippen LogP) is 2.84. The van der Waals surface area contributed by atoms with E-state index >= 15 is 0 Å². The number of nitrogens with zero attached hydrogens (tertiary/aromatic N) is 3. The fourth-order valence-electron chi connectivity index (χ4n) is 2.29. The van der Waals surface area contributed by atoms with E-state index in [0.29, 0.717) is 5.92 Å². The van der Waals surface area contributed by atoms with Gasteiger partial charge in [-0.1, -0.05) is 26.0 Å². The molecule has 0 saturated carbocycles. The molecule has 0 radical (unpaired) electrons. The van der Waals surface area contributed by atoms with Gasteiger partial charge >= 0.3 is 0 Å². The van der Waals surface area contributed by atoms with Crippen LogP contribution in [0.3, 0.4) is 0 Å². The molecule has 2 aromatic rings. The summed E-state index contributed by atoms with van der Waals surface area (Å²) < 4.78 is 2.14. The molecule has 0 unspecified atom stereocenters. The van der Waals surface area contributed by atoms with E-state index in [-0.39, 0.29) is 5.41 Å². The van der Waals surface area contributed by atoms with Gasteiger partial charge in [-0.05, 0) is 37.5 Å². The van der Waals surface area contributed by atoms with E-state index in [1.165, 1.54) is 5.56 Å². The van der Waals surface area contributed by atoms with Crippen LogP contribution in [0.5, 0.6) is 0 Å². The Kier molecular flexibility index (Phi) is 3.60. The van der Waals surface area contributed by atoms with Crippen molar-refractivity contribution in [3.8, 4) is 0 Å². The Balaban J connectivity index is 2.38. The molecule has 0 atom stereocenters. The van der Waals surface area contributed by atoms with Crippen molar-refractivity contribution in [2.75, 3.05) is 5.73 Å². The smallest absolute Gasteiger partial charge is 0.142 e. The highest BCUT2D eigenvalue weighted by atomic mass is 15.3. The molecule has 102 valence electrons. The fraction of sp³-hybridized carbons (Fsp3) is 0.467. The van der Waals surface area contributed by atoms with Gasteiger partial charge in [-0.25, -0.2) is 0 Å². The Morgan fingerprint density at radius 2 is 1.84 bits per heavy atom. The van der Waals surface area contributed by atoms with E-state index in [0.717, 1.165) is 18.1 Å². The minimum atomic E-state index is -0.181. The van der Waals surface area contributed by atoms with Crippen molar-refractivity contribution in [2.45, 2.75) is 39.7 Å². The van der Waals surface area contributed by atoms with E-state index < -0.39 is 0 Å². The normalized spacial score (nSPS) is 12.1. The molecule has 0 bridgehead atoms. The van der Waals surface area contributed by atoms with Crippen molar-refractivity contribution in [1.29, 1.82) is 0 Å². The summed E-state index contributed by atoms with van der Waals surface area (Å²) in [4.78, 5) is 0. The Hall–Kier alpha value is -1.84. The topological polar surface area (TPSA) is 56.7 Å². The SMILES string of the molecule is CC(C)Cn1cnnc1C(C)(C)c1ccc(N)cc1. The zero-order valence-electron chi connectivity index (χ0n) is 12.1. The molecule has 0 aliphatic heterocycles. The first-order valence-electron chi connectivity index (χ1n) is 6.65. The number of nitrogens with two attached hydrogens (primary N) is 1. The second-order valence-electron chi connectivity index (χ2n) is 5.95. The number of nitrogen functional groups attached to an aromatic ring is 1. The Morgan fingerprint density at radius 3 is 2.42 bits per heavy atom. The van der Waals surface area contributed by atoms with Crippen LogP contribution in [0, 0.1) is 5.92 Å². The standard InChI is InChI=1S/C15H22N4/c1-11(2)9-19-10-17-18-14(19)15(3,4)12-5-7-13(16)8-6-12/h5-8,10-11H,9,16H2,1-4H3. The lowest BCUT2D eigenvalue weighted by atomic mass is 9.83. The molecule has 1 heterocycles. The molecular formula is C15H22N4. The molecule has 4 nitrogen and oxygen atoms in total. The molecule has 1 aromatic carbocycles. The summed E-state index contributed by atoms with van der Waals surface area (Å²) in [6.07, 6.45) is 1.81. The average Bonchev–Trinajstić information content (AvgIpc) is 2.77. The van der Waals surface area contributed by atoms with Crippen LogP contribution < -0.4 is 5.73 Å². The van der Waals surface area contributed by atoms with E-state index in [2.05, 4.69) is 54.6 Å². The van der Waals surface area contributed by atoms with Crippen molar-refractivity contribution < 1.29 is 0 Å². The molecule has 19 heavy (non-hydrogen) atoms. The summed E-state index contributed by atoms with van der Waals surface area (Å²) in [5.74, 6) is 1.56. The van der Waals surface area contributed by atoms with Crippen LogP contribution in [0.1, 0.15) is 39.1 Å². The molecular weight excluding hydrogens is 236 g/mol. The van der Waals surface area contributed by atoms with Crippen LogP contribution in [-0.4, -0.2) is 14.8 Å². The van der Waals surface area contributed by atoms with E-state index in [1.807, 2.05) is 18.5 Å². The number of anilines is 1. The second-order valence-corrected chi connectivity index (χ2v) is 5.95. The zero-order valence-corrected chi connectivity index (χ0v) is 12.1. The van der Waals surface area contributed by atoms with Gasteiger partial charge in [0.1, 0.15) is 12.2 Å². The molecule has 0 aliphatic carbocycles. The maximum Gasteiger partial charge on any atom is 0.142 e. The highest BCUT2D eigenvalue weighted by molar-refractivity contribution is 5.43. The third-order valence-corrected chi connectivity index (χ3v) is 3.37. The molecule has 1 aromatic heterocycles. The van der Waals surface area contributed by atoms with E-state index in [4.69, 9.17) is 5.73 Å². The number of rotatable bonds is 4. The van der Waals surface area contributed by atoms with Gasteiger partial charge in [0.2, 0.25) is 0 Å². The van der Waals surface area contributed by atoms with Crippen molar-refractivity contribution in [3.63, 3.8) is 0 Å². The molecule has 4 heteroatoms.